The second-order valence-corrected chi connectivity index (χ2v) is 3.35. The summed E-state index contributed by atoms with van der Waals surface area (Å²) in [7, 11) is 1.67. The van der Waals surface area contributed by atoms with Gasteiger partial charge in [0, 0.05) is 18.7 Å². The number of rotatable bonds is 3. The summed E-state index contributed by atoms with van der Waals surface area (Å²) < 4.78 is 1.46. The van der Waals surface area contributed by atoms with E-state index in [1.54, 1.807) is 7.05 Å². The van der Waals surface area contributed by atoms with Crippen molar-refractivity contribution in [1.82, 2.24) is 14.8 Å². The fourth-order valence-corrected chi connectivity index (χ4v) is 1.47. The Labute approximate surface area is 72.9 Å². The Morgan fingerprint density at radius 1 is 1.82 bits per heavy atom. The predicted octanol–water partition coefficient (Wildman–Crippen LogP) is 0.439. The third kappa shape index (κ3) is 2.00. The van der Waals surface area contributed by atoms with Crippen molar-refractivity contribution >= 4 is 23.4 Å². The van der Waals surface area contributed by atoms with Crippen molar-refractivity contribution in [1.29, 1.82) is 0 Å². The van der Waals surface area contributed by atoms with E-state index in [0.717, 1.165) is 5.75 Å². The largest absolute Gasteiger partial charge is 0.343 e. The van der Waals surface area contributed by atoms with Gasteiger partial charge in [0.05, 0.1) is 0 Å². The van der Waals surface area contributed by atoms with Gasteiger partial charge in [-0.25, -0.2) is 9.89 Å². The number of hydrogen-bond acceptors (Lipinski definition) is 3. The van der Waals surface area contributed by atoms with Crippen LogP contribution in [0.3, 0.4) is 0 Å². The number of nitrogens with one attached hydrogen (secondary N) is 1. The first-order chi connectivity index (χ1) is 5.25. The molecule has 0 spiro atoms. The van der Waals surface area contributed by atoms with Crippen LogP contribution in [-0.2, 0) is 7.05 Å². The number of H-pyrrole nitrogens is 1. The molecule has 1 aromatic heterocycles. The molecule has 0 aliphatic carbocycles. The second kappa shape index (κ2) is 3.82. The van der Waals surface area contributed by atoms with Crippen molar-refractivity contribution in [2.75, 3.05) is 11.6 Å². The van der Waals surface area contributed by atoms with Crippen LogP contribution in [-0.4, -0.2) is 26.4 Å². The van der Waals surface area contributed by atoms with E-state index >= 15 is 0 Å². The van der Waals surface area contributed by atoms with Crippen LogP contribution in [0.25, 0.3) is 0 Å². The summed E-state index contributed by atoms with van der Waals surface area (Å²) in [5, 5.41) is 6.80. The number of nitrogens with zero attached hydrogens (tertiary/aromatic N) is 2. The molecule has 0 atom stereocenters. The number of aromatic amines is 1. The molecule has 4 nitrogen and oxygen atoms in total. The topological polar surface area (TPSA) is 50.7 Å². The molecule has 1 heterocycles. The zero-order valence-corrected chi connectivity index (χ0v) is 7.58. The monoisotopic (exact) mass is 193 g/mol. The van der Waals surface area contributed by atoms with E-state index in [-0.39, 0.29) is 5.69 Å². The van der Waals surface area contributed by atoms with Crippen molar-refractivity contribution in [3.63, 3.8) is 0 Å². The first-order valence-electron chi connectivity index (χ1n) is 3.06. The lowest BCUT2D eigenvalue weighted by Crippen LogP contribution is -2.12. The molecule has 0 fully saturated rings. The van der Waals surface area contributed by atoms with Gasteiger partial charge in [0.1, 0.15) is 0 Å². The standard InChI is InChI=1S/C5H8ClN3OS/c1-9-4(10)7-8-5(9)11-3-2-6/h2-3H2,1H3,(H,7,10). The predicted molar refractivity (Wildman–Crippen MR) is 45.3 cm³/mol. The summed E-state index contributed by atoms with van der Waals surface area (Å²) in [6.45, 7) is 0. The summed E-state index contributed by atoms with van der Waals surface area (Å²) in [6.07, 6.45) is 0. The molecule has 0 aliphatic rings. The summed E-state index contributed by atoms with van der Waals surface area (Å²) in [5.41, 5.74) is -0.193. The van der Waals surface area contributed by atoms with Crippen LogP contribution in [0.5, 0.6) is 0 Å². The van der Waals surface area contributed by atoms with Crippen LogP contribution >= 0.6 is 23.4 Å². The molecule has 6 heteroatoms. The van der Waals surface area contributed by atoms with Gasteiger partial charge < -0.3 is 0 Å². The van der Waals surface area contributed by atoms with E-state index < -0.39 is 0 Å². The number of thioether (sulfide) groups is 1. The third-order valence-corrected chi connectivity index (χ3v) is 2.59. The van der Waals surface area contributed by atoms with Crippen molar-refractivity contribution in [2.45, 2.75) is 5.16 Å². The van der Waals surface area contributed by atoms with E-state index in [1.807, 2.05) is 0 Å². The summed E-state index contributed by atoms with van der Waals surface area (Å²) >= 11 is 6.92. The quantitative estimate of drug-likeness (QED) is 0.560. The van der Waals surface area contributed by atoms with Gasteiger partial charge in [-0.1, -0.05) is 11.8 Å². The molecule has 62 valence electrons. The Hall–Kier alpha value is -0.420. The summed E-state index contributed by atoms with van der Waals surface area (Å²) in [4.78, 5) is 10.8. The average molecular weight is 194 g/mol. The van der Waals surface area contributed by atoms with E-state index in [4.69, 9.17) is 11.6 Å². The van der Waals surface area contributed by atoms with Gasteiger partial charge in [0.2, 0.25) is 0 Å². The van der Waals surface area contributed by atoms with Gasteiger partial charge in [-0.15, -0.1) is 16.7 Å². The Bertz CT molecular complexity index is 282. The maximum absolute atomic E-state index is 10.8. The minimum absolute atomic E-state index is 0.193. The summed E-state index contributed by atoms with van der Waals surface area (Å²) in [6, 6.07) is 0. The molecule has 1 N–H and O–H groups in total. The molecule has 0 amide bonds. The van der Waals surface area contributed by atoms with Crippen molar-refractivity contribution in [2.24, 2.45) is 7.05 Å². The first kappa shape index (κ1) is 8.67. The van der Waals surface area contributed by atoms with Gasteiger partial charge >= 0.3 is 5.69 Å². The van der Waals surface area contributed by atoms with Crippen LogP contribution in [0.15, 0.2) is 9.95 Å². The Balaban J connectivity index is 2.71. The van der Waals surface area contributed by atoms with Crippen LogP contribution in [0.2, 0.25) is 0 Å². The van der Waals surface area contributed by atoms with Gasteiger partial charge in [-0.2, -0.15) is 0 Å². The molecular formula is C5H8ClN3OS. The molecule has 0 aromatic carbocycles. The van der Waals surface area contributed by atoms with E-state index in [2.05, 4.69) is 10.2 Å². The van der Waals surface area contributed by atoms with Crippen LogP contribution in [0.4, 0.5) is 0 Å². The highest BCUT2D eigenvalue weighted by Crippen LogP contribution is 2.11. The van der Waals surface area contributed by atoms with Gasteiger partial charge in [-0.05, 0) is 0 Å². The van der Waals surface area contributed by atoms with Crippen molar-refractivity contribution in [3.8, 4) is 0 Å². The zero-order valence-electron chi connectivity index (χ0n) is 6.00. The highest BCUT2D eigenvalue weighted by Gasteiger charge is 2.02. The first-order valence-corrected chi connectivity index (χ1v) is 4.58. The normalized spacial score (nSPS) is 10.4. The van der Waals surface area contributed by atoms with Crippen LogP contribution < -0.4 is 5.69 Å². The van der Waals surface area contributed by atoms with Gasteiger partial charge in [0.25, 0.3) is 0 Å². The van der Waals surface area contributed by atoms with E-state index in [0.29, 0.717) is 11.0 Å². The number of hydrogen-bond donors (Lipinski definition) is 1. The SMILES string of the molecule is Cn1c(SCCCl)n[nH]c1=O. The third-order valence-electron chi connectivity index (χ3n) is 1.15. The Morgan fingerprint density at radius 3 is 3.00 bits per heavy atom. The fraction of sp³-hybridized carbons (Fsp3) is 0.600. The maximum Gasteiger partial charge on any atom is 0.343 e. The minimum atomic E-state index is -0.193. The van der Waals surface area contributed by atoms with Crippen LogP contribution in [0, 0.1) is 0 Å². The number of halogens is 1. The molecule has 1 rings (SSSR count). The molecule has 0 radical (unpaired) electrons. The molecule has 0 aliphatic heterocycles. The Kier molecular flexibility index (Phi) is 3.02. The minimum Gasteiger partial charge on any atom is -0.273 e. The van der Waals surface area contributed by atoms with Crippen LogP contribution in [0.1, 0.15) is 0 Å². The lowest BCUT2D eigenvalue weighted by Gasteiger charge is -1.94. The highest BCUT2D eigenvalue weighted by atomic mass is 35.5. The van der Waals surface area contributed by atoms with Crippen molar-refractivity contribution in [3.05, 3.63) is 10.5 Å². The van der Waals surface area contributed by atoms with E-state index in [1.165, 1.54) is 16.3 Å². The smallest absolute Gasteiger partial charge is 0.273 e. The molecular weight excluding hydrogens is 186 g/mol. The van der Waals surface area contributed by atoms with Crippen molar-refractivity contribution < 1.29 is 0 Å². The lowest BCUT2D eigenvalue weighted by molar-refractivity contribution is 0.766. The van der Waals surface area contributed by atoms with E-state index in [9.17, 15) is 4.79 Å². The molecule has 1 aromatic rings. The summed E-state index contributed by atoms with van der Waals surface area (Å²) in [5.74, 6) is 1.32. The number of aromatic nitrogens is 3. The average Bonchev–Trinajstić information content (AvgIpc) is 2.31. The highest BCUT2D eigenvalue weighted by molar-refractivity contribution is 7.99. The molecule has 0 bridgehead atoms. The van der Waals surface area contributed by atoms with Gasteiger partial charge in [0.15, 0.2) is 5.16 Å². The Morgan fingerprint density at radius 2 is 2.55 bits per heavy atom. The maximum atomic E-state index is 10.8. The fourth-order valence-electron chi connectivity index (χ4n) is 0.591. The molecule has 0 unspecified atom stereocenters. The lowest BCUT2D eigenvalue weighted by atomic mass is 11.0. The molecule has 11 heavy (non-hydrogen) atoms. The zero-order chi connectivity index (χ0) is 8.27. The molecule has 0 saturated carbocycles. The molecule has 0 saturated heterocycles. The number of alkyl halides is 1. The second-order valence-electron chi connectivity index (χ2n) is 1.91. The van der Waals surface area contributed by atoms with Gasteiger partial charge in [-0.3, -0.25) is 4.57 Å².